The first kappa shape index (κ1) is 15.2. The zero-order valence-corrected chi connectivity index (χ0v) is 14.7. The van der Waals surface area contributed by atoms with E-state index in [4.69, 9.17) is 4.74 Å². The molecular weight excluding hydrogens is 284 g/mol. The van der Waals surface area contributed by atoms with Crippen molar-refractivity contribution < 1.29 is 9.53 Å². The van der Waals surface area contributed by atoms with Crippen molar-refractivity contribution in [1.29, 1.82) is 0 Å². The first-order valence-electron chi connectivity index (χ1n) is 9.29. The van der Waals surface area contributed by atoms with Crippen molar-refractivity contribution >= 4 is 5.78 Å². The van der Waals surface area contributed by atoms with Crippen LogP contribution in [0.5, 0.6) is 0 Å². The van der Waals surface area contributed by atoms with Crippen LogP contribution in [0.2, 0.25) is 0 Å². The Morgan fingerprint density at radius 3 is 2.83 bits per heavy atom. The van der Waals surface area contributed by atoms with E-state index in [1.54, 1.807) is 11.1 Å². The zero-order chi connectivity index (χ0) is 16.2. The highest BCUT2D eigenvalue weighted by Crippen LogP contribution is 2.60. The lowest BCUT2D eigenvalue weighted by Gasteiger charge is -2.48. The number of hydrogen-bond donors (Lipinski definition) is 0. The maximum Gasteiger partial charge on any atom is 0.139 e. The highest BCUT2D eigenvalue weighted by atomic mass is 16.5. The Hall–Kier alpha value is -1.31. The average molecular weight is 312 g/mol. The normalized spacial score (nSPS) is 39.3. The summed E-state index contributed by atoms with van der Waals surface area (Å²) in [6.45, 7) is 7.47. The molecule has 0 aromatic carbocycles. The number of Topliss-reactive ketones (excluding diaryl/α,β-unsaturated/α-hetero) is 1. The maximum absolute atomic E-state index is 12.4. The van der Waals surface area contributed by atoms with Gasteiger partial charge in [0.25, 0.3) is 0 Å². The van der Waals surface area contributed by atoms with Gasteiger partial charge in [-0.3, -0.25) is 4.79 Å². The van der Waals surface area contributed by atoms with E-state index in [9.17, 15) is 4.79 Å². The van der Waals surface area contributed by atoms with Crippen LogP contribution in [0.25, 0.3) is 0 Å². The van der Waals surface area contributed by atoms with Crippen LogP contribution in [0, 0.1) is 16.7 Å². The summed E-state index contributed by atoms with van der Waals surface area (Å²) in [5, 5.41) is 0. The molecule has 4 aliphatic carbocycles. The molecule has 0 heterocycles. The second-order valence-electron chi connectivity index (χ2n) is 8.18. The van der Waals surface area contributed by atoms with Gasteiger partial charge in [-0.25, -0.2) is 0 Å². The Bertz CT molecular complexity index is 651. The number of allylic oxidation sites excluding steroid dienone is 6. The molecule has 1 unspecified atom stereocenters. The topological polar surface area (TPSA) is 26.3 Å². The average Bonchev–Trinajstić information content (AvgIpc) is 2.84. The summed E-state index contributed by atoms with van der Waals surface area (Å²) in [4.78, 5) is 12.4. The quantitative estimate of drug-likeness (QED) is 0.662. The fourth-order valence-electron chi connectivity index (χ4n) is 5.65. The summed E-state index contributed by atoms with van der Waals surface area (Å²) >= 11 is 0. The van der Waals surface area contributed by atoms with Gasteiger partial charge < -0.3 is 4.74 Å². The summed E-state index contributed by atoms with van der Waals surface area (Å²) in [5.41, 5.74) is 4.85. The van der Waals surface area contributed by atoms with Crippen LogP contribution >= 0.6 is 0 Å². The Morgan fingerprint density at radius 1 is 1.22 bits per heavy atom. The molecular formula is C21H28O2. The van der Waals surface area contributed by atoms with Gasteiger partial charge in [-0.1, -0.05) is 31.1 Å². The third-order valence-electron chi connectivity index (χ3n) is 7.13. The van der Waals surface area contributed by atoms with Crippen LogP contribution in [-0.2, 0) is 9.53 Å². The lowest BCUT2D eigenvalue weighted by atomic mass is 9.56. The van der Waals surface area contributed by atoms with Gasteiger partial charge in [0.1, 0.15) is 5.78 Å². The van der Waals surface area contributed by atoms with Gasteiger partial charge in [0.15, 0.2) is 0 Å². The highest BCUT2D eigenvalue weighted by Gasteiger charge is 2.53. The SMILES string of the molecule is CCOC1=CC2=CCC3=C(CC[C@]4(C)C(=O)CCC34)[C@@]2(C)CC1. The summed E-state index contributed by atoms with van der Waals surface area (Å²) < 4.78 is 5.77. The van der Waals surface area contributed by atoms with Crippen LogP contribution in [0.1, 0.15) is 65.7 Å². The molecule has 4 rings (SSSR count). The van der Waals surface area contributed by atoms with Crippen molar-refractivity contribution in [3.63, 3.8) is 0 Å². The van der Waals surface area contributed by atoms with Gasteiger partial charge in [0.2, 0.25) is 0 Å². The Kier molecular flexibility index (Phi) is 3.37. The fraction of sp³-hybridized carbons (Fsp3) is 0.667. The number of ketones is 1. The summed E-state index contributed by atoms with van der Waals surface area (Å²) in [6, 6.07) is 0. The molecule has 0 saturated heterocycles. The first-order valence-corrected chi connectivity index (χ1v) is 9.29. The number of carbonyl (C=O) groups excluding carboxylic acids is 1. The fourth-order valence-corrected chi connectivity index (χ4v) is 5.65. The number of ether oxygens (including phenoxy) is 1. The van der Waals surface area contributed by atoms with Crippen LogP contribution < -0.4 is 0 Å². The van der Waals surface area contributed by atoms with Crippen molar-refractivity contribution in [3.8, 4) is 0 Å². The maximum atomic E-state index is 12.4. The van der Waals surface area contributed by atoms with E-state index in [2.05, 4.69) is 32.9 Å². The van der Waals surface area contributed by atoms with Crippen molar-refractivity contribution in [2.45, 2.75) is 65.7 Å². The molecule has 2 nitrogen and oxygen atoms in total. The van der Waals surface area contributed by atoms with E-state index in [0.717, 1.165) is 57.3 Å². The van der Waals surface area contributed by atoms with E-state index in [-0.39, 0.29) is 10.8 Å². The standard InChI is InChI=1S/C21H28O2/c1-4-23-15-9-11-20(2)14(13-15)5-6-16-17-7-8-19(22)21(17,3)12-10-18(16)20/h5,13,17H,4,6-12H2,1-3H3/t17?,20-,21-/m0/s1. The molecule has 0 amide bonds. The molecule has 4 aliphatic rings. The Morgan fingerprint density at radius 2 is 2.04 bits per heavy atom. The molecule has 0 N–H and O–H groups in total. The summed E-state index contributed by atoms with van der Waals surface area (Å²) in [6.07, 6.45) is 12.0. The molecule has 0 aliphatic heterocycles. The van der Waals surface area contributed by atoms with E-state index in [1.165, 1.54) is 5.57 Å². The summed E-state index contributed by atoms with van der Waals surface area (Å²) in [7, 11) is 0. The molecule has 2 heteroatoms. The minimum absolute atomic E-state index is 0.0679. The van der Waals surface area contributed by atoms with E-state index >= 15 is 0 Å². The number of rotatable bonds is 2. The minimum Gasteiger partial charge on any atom is -0.498 e. The largest absolute Gasteiger partial charge is 0.498 e. The van der Waals surface area contributed by atoms with Crippen LogP contribution in [0.15, 0.2) is 34.6 Å². The summed E-state index contributed by atoms with van der Waals surface area (Å²) in [5.74, 6) is 2.17. The zero-order valence-electron chi connectivity index (χ0n) is 14.7. The molecule has 3 atom stereocenters. The molecule has 1 fully saturated rings. The number of hydrogen-bond acceptors (Lipinski definition) is 2. The van der Waals surface area contributed by atoms with Gasteiger partial charge in [-0.2, -0.15) is 0 Å². The molecule has 0 aromatic heterocycles. The molecule has 1 saturated carbocycles. The van der Waals surface area contributed by atoms with Gasteiger partial charge in [-0.05, 0) is 56.6 Å². The number of carbonyl (C=O) groups is 1. The smallest absolute Gasteiger partial charge is 0.139 e. The second kappa shape index (κ2) is 5.09. The molecule has 124 valence electrons. The van der Waals surface area contributed by atoms with Crippen molar-refractivity contribution in [2.24, 2.45) is 16.7 Å². The highest BCUT2D eigenvalue weighted by molar-refractivity contribution is 5.88. The van der Waals surface area contributed by atoms with Crippen molar-refractivity contribution in [3.05, 3.63) is 34.6 Å². The van der Waals surface area contributed by atoms with Crippen LogP contribution in [0.4, 0.5) is 0 Å². The predicted octanol–water partition coefficient (Wildman–Crippen LogP) is 5.11. The van der Waals surface area contributed by atoms with E-state index < -0.39 is 0 Å². The van der Waals surface area contributed by atoms with Crippen molar-refractivity contribution in [1.82, 2.24) is 0 Å². The molecule has 0 bridgehead atoms. The lowest BCUT2D eigenvalue weighted by molar-refractivity contribution is -0.126. The monoisotopic (exact) mass is 312 g/mol. The van der Waals surface area contributed by atoms with E-state index in [1.807, 2.05) is 0 Å². The van der Waals surface area contributed by atoms with Crippen LogP contribution in [0.3, 0.4) is 0 Å². The number of fused-ring (bicyclic) bond motifs is 4. The van der Waals surface area contributed by atoms with Crippen LogP contribution in [-0.4, -0.2) is 12.4 Å². The molecule has 23 heavy (non-hydrogen) atoms. The molecule has 0 spiro atoms. The van der Waals surface area contributed by atoms with Gasteiger partial charge in [-0.15, -0.1) is 0 Å². The molecule has 0 aromatic rings. The third kappa shape index (κ3) is 2.03. The Labute approximate surface area is 139 Å². The molecule has 0 radical (unpaired) electrons. The predicted molar refractivity (Wildman–Crippen MR) is 91.8 cm³/mol. The minimum atomic E-state index is -0.0679. The lowest BCUT2D eigenvalue weighted by Crippen LogP contribution is -2.39. The Balaban J connectivity index is 1.72. The third-order valence-corrected chi connectivity index (χ3v) is 7.13. The van der Waals surface area contributed by atoms with E-state index in [0.29, 0.717) is 11.7 Å². The first-order chi connectivity index (χ1) is 11.0. The van der Waals surface area contributed by atoms with Gasteiger partial charge in [0, 0.05) is 23.7 Å². The second-order valence-corrected chi connectivity index (χ2v) is 8.18. The van der Waals surface area contributed by atoms with Gasteiger partial charge >= 0.3 is 0 Å². The van der Waals surface area contributed by atoms with Gasteiger partial charge in [0.05, 0.1) is 12.4 Å². The van der Waals surface area contributed by atoms with Crippen molar-refractivity contribution in [2.75, 3.05) is 6.61 Å².